The molecule has 6 nitrogen and oxygen atoms in total. The second-order valence-corrected chi connectivity index (χ2v) is 6.81. The molecule has 26 heavy (non-hydrogen) atoms. The fourth-order valence-electron chi connectivity index (χ4n) is 3.81. The zero-order valence-corrected chi connectivity index (χ0v) is 14.1. The van der Waals surface area contributed by atoms with Gasteiger partial charge in [0.05, 0.1) is 6.54 Å². The molecule has 0 spiro atoms. The smallest absolute Gasteiger partial charge is 0.409 e. The topological polar surface area (TPSA) is 87.1 Å². The number of fused-ring (bicyclic) bond motifs is 3. The third-order valence-corrected chi connectivity index (χ3v) is 5.24. The van der Waals surface area contributed by atoms with E-state index in [2.05, 4.69) is 12.1 Å². The number of likely N-dealkylation sites (tertiary alicyclic amines) is 1. The first-order valence-electron chi connectivity index (χ1n) is 8.55. The maximum Gasteiger partial charge on any atom is 0.409 e. The molecular weight excluding hydrogens is 334 g/mol. The number of hydrogen-bond donors (Lipinski definition) is 2. The maximum atomic E-state index is 12.3. The molecule has 1 saturated heterocycles. The van der Waals surface area contributed by atoms with E-state index in [4.69, 9.17) is 9.84 Å². The number of aliphatic hydroxyl groups is 1. The lowest BCUT2D eigenvalue weighted by Crippen LogP contribution is -2.42. The predicted molar refractivity (Wildman–Crippen MR) is 93.8 cm³/mol. The van der Waals surface area contributed by atoms with Crippen LogP contribution in [0, 0.1) is 0 Å². The van der Waals surface area contributed by atoms with Crippen LogP contribution in [-0.4, -0.2) is 52.5 Å². The highest BCUT2D eigenvalue weighted by Crippen LogP contribution is 2.44. The molecule has 1 aliphatic heterocycles. The van der Waals surface area contributed by atoms with E-state index in [9.17, 15) is 14.7 Å². The van der Waals surface area contributed by atoms with Gasteiger partial charge in [0.2, 0.25) is 0 Å². The van der Waals surface area contributed by atoms with Gasteiger partial charge in [-0.05, 0) is 22.3 Å². The number of carbonyl (C=O) groups excluding carboxylic acids is 1. The average Bonchev–Trinajstić information content (AvgIpc) is 3.20. The highest BCUT2D eigenvalue weighted by atomic mass is 16.6. The van der Waals surface area contributed by atoms with Crippen LogP contribution in [0.1, 0.15) is 23.5 Å². The van der Waals surface area contributed by atoms with Crippen molar-refractivity contribution in [3.05, 3.63) is 59.7 Å². The number of ether oxygens (including phenoxy) is 1. The summed E-state index contributed by atoms with van der Waals surface area (Å²) in [6, 6.07) is 16.1. The number of hydrogen-bond acceptors (Lipinski definition) is 4. The van der Waals surface area contributed by atoms with Gasteiger partial charge in [0.15, 0.2) is 5.60 Å². The van der Waals surface area contributed by atoms with Crippen LogP contribution < -0.4 is 0 Å². The largest absolute Gasteiger partial charge is 0.479 e. The standard InChI is InChI=1S/C20H19NO5/c22-18(23)20(25)9-10-21(12-20)19(24)26-11-17-15-7-3-1-5-13(15)14-6-2-4-8-16(14)17/h1-8,17,25H,9-12H2,(H,22,23). The van der Waals surface area contributed by atoms with E-state index in [0.29, 0.717) is 0 Å². The number of carboxylic acid groups (broad SMARTS) is 1. The van der Waals surface area contributed by atoms with Gasteiger partial charge in [0.1, 0.15) is 6.61 Å². The van der Waals surface area contributed by atoms with Gasteiger partial charge < -0.3 is 19.8 Å². The quantitative estimate of drug-likeness (QED) is 0.885. The average molecular weight is 353 g/mol. The zero-order valence-electron chi connectivity index (χ0n) is 14.1. The molecule has 0 saturated carbocycles. The molecule has 1 amide bonds. The molecule has 4 rings (SSSR count). The number of rotatable bonds is 3. The van der Waals surface area contributed by atoms with Crippen LogP contribution in [0.3, 0.4) is 0 Å². The van der Waals surface area contributed by atoms with E-state index in [0.717, 1.165) is 22.3 Å². The van der Waals surface area contributed by atoms with Crippen LogP contribution in [0.15, 0.2) is 48.5 Å². The molecule has 1 heterocycles. The first-order chi connectivity index (χ1) is 12.5. The molecule has 0 radical (unpaired) electrons. The maximum absolute atomic E-state index is 12.3. The number of carbonyl (C=O) groups is 2. The summed E-state index contributed by atoms with van der Waals surface area (Å²) in [6.07, 6.45) is -0.587. The van der Waals surface area contributed by atoms with Crippen LogP contribution in [0.25, 0.3) is 11.1 Å². The van der Waals surface area contributed by atoms with E-state index in [1.165, 1.54) is 4.90 Å². The van der Waals surface area contributed by atoms with Crippen molar-refractivity contribution in [1.82, 2.24) is 4.90 Å². The molecular formula is C20H19NO5. The number of amides is 1. The molecule has 1 unspecified atom stereocenters. The van der Waals surface area contributed by atoms with Crippen molar-refractivity contribution in [1.29, 1.82) is 0 Å². The summed E-state index contributed by atoms with van der Waals surface area (Å²) in [5.41, 5.74) is 2.64. The highest BCUT2D eigenvalue weighted by Gasteiger charge is 2.45. The Morgan fingerprint density at radius 1 is 1.08 bits per heavy atom. The first kappa shape index (κ1) is 16.6. The predicted octanol–water partition coefficient (Wildman–Crippen LogP) is 2.46. The van der Waals surface area contributed by atoms with Gasteiger partial charge in [0, 0.05) is 18.9 Å². The van der Waals surface area contributed by atoms with Gasteiger partial charge >= 0.3 is 12.1 Å². The van der Waals surface area contributed by atoms with E-state index in [1.807, 2.05) is 36.4 Å². The van der Waals surface area contributed by atoms with Gasteiger partial charge in [-0.25, -0.2) is 9.59 Å². The Labute approximate surface area is 150 Å². The van der Waals surface area contributed by atoms with E-state index in [1.54, 1.807) is 0 Å². The molecule has 0 bridgehead atoms. The Morgan fingerprint density at radius 3 is 2.19 bits per heavy atom. The molecule has 2 aliphatic rings. The van der Waals surface area contributed by atoms with Gasteiger partial charge in [0.25, 0.3) is 0 Å². The Balaban J connectivity index is 1.49. The van der Waals surface area contributed by atoms with Crippen molar-refractivity contribution in [2.45, 2.75) is 17.9 Å². The van der Waals surface area contributed by atoms with Gasteiger partial charge in [-0.3, -0.25) is 0 Å². The van der Waals surface area contributed by atoms with Crippen LogP contribution >= 0.6 is 0 Å². The second kappa shape index (κ2) is 6.14. The van der Waals surface area contributed by atoms with E-state index in [-0.39, 0.29) is 32.0 Å². The first-order valence-corrected chi connectivity index (χ1v) is 8.55. The minimum Gasteiger partial charge on any atom is -0.479 e. The van der Waals surface area contributed by atoms with Crippen molar-refractivity contribution in [3.8, 4) is 11.1 Å². The fraction of sp³-hybridized carbons (Fsp3) is 0.300. The summed E-state index contributed by atoms with van der Waals surface area (Å²) >= 11 is 0. The summed E-state index contributed by atoms with van der Waals surface area (Å²) in [6.45, 7) is 0.0906. The van der Waals surface area contributed by atoms with Gasteiger partial charge in [-0.2, -0.15) is 0 Å². The molecule has 1 atom stereocenters. The number of benzene rings is 2. The monoisotopic (exact) mass is 353 g/mol. The van der Waals surface area contributed by atoms with Crippen LogP contribution in [0.2, 0.25) is 0 Å². The van der Waals surface area contributed by atoms with Crippen LogP contribution in [0.4, 0.5) is 4.79 Å². The molecule has 0 aromatic heterocycles. The molecule has 2 aromatic carbocycles. The zero-order chi connectivity index (χ0) is 18.3. The molecule has 134 valence electrons. The van der Waals surface area contributed by atoms with Crippen molar-refractivity contribution in [3.63, 3.8) is 0 Å². The summed E-state index contributed by atoms with van der Waals surface area (Å²) in [5, 5.41) is 19.0. The Bertz CT molecular complexity index is 835. The lowest BCUT2D eigenvalue weighted by Gasteiger charge is -2.20. The third-order valence-electron chi connectivity index (χ3n) is 5.24. The molecule has 2 N–H and O–H groups in total. The van der Waals surface area contributed by atoms with E-state index >= 15 is 0 Å². The van der Waals surface area contributed by atoms with Crippen molar-refractivity contribution in [2.24, 2.45) is 0 Å². The number of carboxylic acids is 1. The Morgan fingerprint density at radius 2 is 1.65 bits per heavy atom. The summed E-state index contributed by atoms with van der Waals surface area (Å²) in [7, 11) is 0. The van der Waals surface area contributed by atoms with Crippen molar-refractivity contribution < 1.29 is 24.5 Å². The molecule has 6 heteroatoms. The van der Waals surface area contributed by atoms with Crippen molar-refractivity contribution >= 4 is 12.1 Å². The molecule has 1 aliphatic carbocycles. The van der Waals surface area contributed by atoms with Gasteiger partial charge in [-0.1, -0.05) is 48.5 Å². The van der Waals surface area contributed by atoms with E-state index < -0.39 is 17.7 Å². The molecule has 2 aromatic rings. The summed E-state index contributed by atoms with van der Waals surface area (Å²) < 4.78 is 5.48. The number of aliphatic carboxylic acids is 1. The Kier molecular flexibility index (Phi) is 3.92. The fourth-order valence-corrected chi connectivity index (χ4v) is 3.81. The number of nitrogens with zero attached hydrogens (tertiary/aromatic N) is 1. The minimum atomic E-state index is -1.88. The van der Waals surface area contributed by atoms with Crippen LogP contribution in [-0.2, 0) is 9.53 Å². The third kappa shape index (κ3) is 2.63. The Hall–Kier alpha value is -2.86. The van der Waals surface area contributed by atoms with Crippen molar-refractivity contribution in [2.75, 3.05) is 19.7 Å². The normalized spacial score (nSPS) is 21.3. The summed E-state index contributed by atoms with van der Waals surface area (Å²) in [4.78, 5) is 24.7. The SMILES string of the molecule is O=C(OCC1c2ccccc2-c2ccccc21)N1CCC(O)(C(=O)O)C1. The lowest BCUT2D eigenvalue weighted by molar-refractivity contribution is -0.156. The van der Waals surface area contributed by atoms with Crippen LogP contribution in [0.5, 0.6) is 0 Å². The lowest BCUT2D eigenvalue weighted by atomic mass is 9.98. The number of β-amino-alcohol motifs (C(OH)–C–C–N with tert-alkyl or cyclic N) is 1. The highest BCUT2D eigenvalue weighted by molar-refractivity contribution is 5.81. The summed E-state index contributed by atoms with van der Waals surface area (Å²) in [5.74, 6) is -1.36. The minimum absolute atomic E-state index is 0.00648. The second-order valence-electron chi connectivity index (χ2n) is 6.81. The molecule has 1 fully saturated rings. The van der Waals surface area contributed by atoms with Gasteiger partial charge in [-0.15, -0.1) is 0 Å².